The average Bonchev–Trinajstić information content (AvgIpc) is 2.48. The first-order valence-electron chi connectivity index (χ1n) is 6.67. The fraction of sp³-hybridized carbons (Fsp3) is 0.111. The highest BCUT2D eigenvalue weighted by Crippen LogP contribution is 2.38. The van der Waals surface area contributed by atoms with Gasteiger partial charge < -0.3 is 4.74 Å². The Morgan fingerprint density at radius 3 is 2.43 bits per heavy atom. The van der Waals surface area contributed by atoms with Gasteiger partial charge in [-0.05, 0) is 50.5 Å². The normalized spacial score (nSPS) is 10.8. The standard InChI is InChI=1S/C18H14Br2O/c1-21-18-14(9-12-5-3-2-4-6-12)10-13-11-15(19)7-8-16(13)17(18)20/h2-8,10-11H,9H2,1H3. The molecule has 3 aromatic rings. The summed E-state index contributed by atoms with van der Waals surface area (Å²) < 4.78 is 7.72. The van der Waals surface area contributed by atoms with Crippen molar-refractivity contribution in [1.82, 2.24) is 0 Å². The third-order valence-electron chi connectivity index (χ3n) is 3.51. The van der Waals surface area contributed by atoms with E-state index in [9.17, 15) is 0 Å². The first-order chi connectivity index (χ1) is 10.2. The summed E-state index contributed by atoms with van der Waals surface area (Å²) >= 11 is 7.23. The van der Waals surface area contributed by atoms with E-state index < -0.39 is 0 Å². The molecule has 0 amide bonds. The van der Waals surface area contributed by atoms with Crippen molar-refractivity contribution >= 4 is 42.6 Å². The number of hydrogen-bond donors (Lipinski definition) is 0. The van der Waals surface area contributed by atoms with Gasteiger partial charge in [-0.3, -0.25) is 0 Å². The van der Waals surface area contributed by atoms with Gasteiger partial charge >= 0.3 is 0 Å². The van der Waals surface area contributed by atoms with E-state index in [-0.39, 0.29) is 0 Å². The van der Waals surface area contributed by atoms with Crippen molar-refractivity contribution in [2.45, 2.75) is 6.42 Å². The molecule has 0 heterocycles. The summed E-state index contributed by atoms with van der Waals surface area (Å²) in [5.74, 6) is 0.911. The van der Waals surface area contributed by atoms with E-state index in [0.717, 1.165) is 26.5 Å². The van der Waals surface area contributed by atoms with Crippen LogP contribution in [0.2, 0.25) is 0 Å². The zero-order chi connectivity index (χ0) is 14.8. The number of hydrogen-bond acceptors (Lipinski definition) is 1. The Balaban J connectivity index is 2.16. The van der Waals surface area contributed by atoms with E-state index in [0.29, 0.717) is 0 Å². The van der Waals surface area contributed by atoms with Crippen LogP contribution in [-0.4, -0.2) is 7.11 Å². The maximum Gasteiger partial charge on any atom is 0.137 e. The lowest BCUT2D eigenvalue weighted by molar-refractivity contribution is 0.408. The molecule has 3 heteroatoms. The Morgan fingerprint density at radius 2 is 1.71 bits per heavy atom. The Kier molecular flexibility index (Phi) is 4.32. The zero-order valence-corrected chi connectivity index (χ0v) is 14.7. The molecule has 0 aliphatic carbocycles. The Bertz CT molecular complexity index is 782. The maximum atomic E-state index is 5.63. The second-order valence-electron chi connectivity index (χ2n) is 4.91. The molecule has 0 atom stereocenters. The van der Waals surface area contributed by atoms with Gasteiger partial charge in [0.1, 0.15) is 5.75 Å². The van der Waals surface area contributed by atoms with Crippen molar-refractivity contribution in [1.29, 1.82) is 0 Å². The Hall–Kier alpha value is -1.32. The molecule has 0 saturated heterocycles. The highest BCUT2D eigenvalue weighted by atomic mass is 79.9. The zero-order valence-electron chi connectivity index (χ0n) is 11.6. The molecule has 21 heavy (non-hydrogen) atoms. The van der Waals surface area contributed by atoms with Crippen molar-refractivity contribution in [3.05, 3.63) is 74.7 Å². The summed E-state index contributed by atoms with van der Waals surface area (Å²) in [5, 5.41) is 2.36. The van der Waals surface area contributed by atoms with E-state index in [2.05, 4.69) is 74.3 Å². The topological polar surface area (TPSA) is 9.23 Å². The first kappa shape index (κ1) is 14.6. The van der Waals surface area contributed by atoms with E-state index in [1.54, 1.807) is 7.11 Å². The summed E-state index contributed by atoms with van der Waals surface area (Å²) in [7, 11) is 1.72. The molecule has 0 unspecified atom stereocenters. The minimum absolute atomic E-state index is 0.852. The molecule has 0 saturated carbocycles. The van der Waals surface area contributed by atoms with Crippen LogP contribution in [0.1, 0.15) is 11.1 Å². The van der Waals surface area contributed by atoms with Crippen LogP contribution in [0.15, 0.2) is 63.5 Å². The quantitative estimate of drug-likeness (QED) is 0.521. The van der Waals surface area contributed by atoms with Crippen LogP contribution in [0.5, 0.6) is 5.75 Å². The number of benzene rings is 3. The molecule has 0 aliphatic rings. The number of halogens is 2. The third-order valence-corrected chi connectivity index (χ3v) is 4.79. The summed E-state index contributed by atoms with van der Waals surface area (Å²) in [4.78, 5) is 0. The lowest BCUT2D eigenvalue weighted by Crippen LogP contribution is -1.96. The molecule has 0 aliphatic heterocycles. The van der Waals surface area contributed by atoms with Gasteiger partial charge in [0, 0.05) is 16.5 Å². The van der Waals surface area contributed by atoms with Gasteiger partial charge in [-0.25, -0.2) is 0 Å². The number of ether oxygens (including phenoxy) is 1. The van der Waals surface area contributed by atoms with Crippen LogP contribution in [0.3, 0.4) is 0 Å². The van der Waals surface area contributed by atoms with Gasteiger partial charge in [-0.15, -0.1) is 0 Å². The summed E-state index contributed by atoms with van der Waals surface area (Å²) in [6.45, 7) is 0. The molecule has 0 bridgehead atoms. The van der Waals surface area contributed by atoms with Crippen LogP contribution in [0, 0.1) is 0 Å². The minimum atomic E-state index is 0.852. The molecule has 3 aromatic carbocycles. The number of rotatable bonds is 3. The molecule has 0 radical (unpaired) electrons. The third kappa shape index (κ3) is 2.99. The van der Waals surface area contributed by atoms with Crippen molar-refractivity contribution in [2.24, 2.45) is 0 Å². The SMILES string of the molecule is COc1c(Cc2ccccc2)cc2cc(Br)ccc2c1Br. The fourth-order valence-electron chi connectivity index (χ4n) is 2.54. The predicted octanol–water partition coefficient (Wildman–Crippen LogP) is 5.96. The van der Waals surface area contributed by atoms with E-state index >= 15 is 0 Å². The molecule has 0 spiro atoms. The Labute approximate surface area is 141 Å². The average molecular weight is 406 g/mol. The molecule has 3 rings (SSSR count). The van der Waals surface area contributed by atoms with Gasteiger partial charge in [-0.1, -0.05) is 52.3 Å². The van der Waals surface area contributed by atoms with Crippen LogP contribution in [0.25, 0.3) is 10.8 Å². The predicted molar refractivity (Wildman–Crippen MR) is 95.1 cm³/mol. The van der Waals surface area contributed by atoms with Crippen LogP contribution in [0.4, 0.5) is 0 Å². The largest absolute Gasteiger partial charge is 0.495 e. The van der Waals surface area contributed by atoms with Crippen LogP contribution >= 0.6 is 31.9 Å². The van der Waals surface area contributed by atoms with Crippen molar-refractivity contribution in [2.75, 3.05) is 7.11 Å². The number of fused-ring (bicyclic) bond motifs is 1. The van der Waals surface area contributed by atoms with E-state index in [1.165, 1.54) is 16.5 Å². The lowest BCUT2D eigenvalue weighted by atomic mass is 10.00. The first-order valence-corrected chi connectivity index (χ1v) is 8.26. The highest BCUT2D eigenvalue weighted by Gasteiger charge is 2.13. The molecule has 0 aromatic heterocycles. The molecular weight excluding hydrogens is 392 g/mol. The smallest absolute Gasteiger partial charge is 0.137 e. The van der Waals surface area contributed by atoms with Gasteiger partial charge in [0.15, 0.2) is 0 Å². The van der Waals surface area contributed by atoms with Gasteiger partial charge in [0.2, 0.25) is 0 Å². The highest BCUT2D eigenvalue weighted by molar-refractivity contribution is 9.11. The maximum absolute atomic E-state index is 5.63. The van der Waals surface area contributed by atoms with Crippen LogP contribution in [-0.2, 0) is 6.42 Å². The molecular formula is C18H14Br2O. The fourth-order valence-corrected chi connectivity index (χ4v) is 3.69. The van der Waals surface area contributed by atoms with E-state index in [1.807, 2.05) is 12.1 Å². The van der Waals surface area contributed by atoms with E-state index in [4.69, 9.17) is 4.74 Å². The van der Waals surface area contributed by atoms with Crippen molar-refractivity contribution in [3.63, 3.8) is 0 Å². The summed E-state index contributed by atoms with van der Waals surface area (Å²) in [5.41, 5.74) is 2.46. The molecule has 0 N–H and O–H groups in total. The second-order valence-corrected chi connectivity index (χ2v) is 6.62. The monoisotopic (exact) mass is 404 g/mol. The van der Waals surface area contributed by atoms with Gasteiger partial charge in [0.05, 0.1) is 11.6 Å². The summed E-state index contributed by atoms with van der Waals surface area (Å²) in [6, 6.07) is 18.9. The van der Waals surface area contributed by atoms with Crippen LogP contribution < -0.4 is 4.74 Å². The molecule has 0 fully saturated rings. The summed E-state index contributed by atoms with van der Waals surface area (Å²) in [6.07, 6.45) is 0.852. The van der Waals surface area contributed by atoms with Gasteiger partial charge in [0.25, 0.3) is 0 Å². The second kappa shape index (κ2) is 6.20. The number of methoxy groups -OCH3 is 1. The Morgan fingerprint density at radius 1 is 0.952 bits per heavy atom. The minimum Gasteiger partial charge on any atom is -0.495 e. The van der Waals surface area contributed by atoms with Gasteiger partial charge in [-0.2, -0.15) is 0 Å². The van der Waals surface area contributed by atoms with Crippen molar-refractivity contribution < 1.29 is 4.74 Å². The molecule has 106 valence electrons. The van der Waals surface area contributed by atoms with Crippen molar-refractivity contribution in [3.8, 4) is 5.75 Å². The lowest BCUT2D eigenvalue weighted by Gasteiger charge is -2.14. The molecule has 1 nitrogen and oxygen atoms in total.